The largest absolute Gasteiger partial charge is 0.489 e. The molecule has 0 amide bonds. The minimum Gasteiger partial charge on any atom is -0.489 e. The number of benzene rings is 2. The molecule has 0 unspecified atom stereocenters. The van der Waals surface area contributed by atoms with E-state index in [9.17, 15) is 8.78 Å². The predicted molar refractivity (Wildman–Crippen MR) is 130 cm³/mol. The van der Waals surface area contributed by atoms with E-state index >= 15 is 0 Å². The minimum absolute atomic E-state index is 0.00246. The lowest BCUT2D eigenvalue weighted by Gasteiger charge is -2.48. The van der Waals surface area contributed by atoms with E-state index in [2.05, 4.69) is 25.1 Å². The molecule has 2 aliphatic heterocycles. The number of nitrogens with two attached hydrogens (primary N) is 1. The van der Waals surface area contributed by atoms with Gasteiger partial charge in [-0.1, -0.05) is 0 Å². The van der Waals surface area contributed by atoms with Gasteiger partial charge in [0.1, 0.15) is 17.4 Å². The fourth-order valence-electron chi connectivity index (χ4n) is 3.97. The van der Waals surface area contributed by atoms with Gasteiger partial charge in [-0.05, 0) is 44.2 Å². The van der Waals surface area contributed by atoms with E-state index in [1.165, 1.54) is 6.34 Å². The van der Waals surface area contributed by atoms with Gasteiger partial charge in [-0.15, -0.1) is 0 Å². The van der Waals surface area contributed by atoms with E-state index < -0.39 is 11.6 Å². The van der Waals surface area contributed by atoms with Crippen molar-refractivity contribution < 1.29 is 18.3 Å². The number of anilines is 2. The quantitative estimate of drug-likeness (QED) is 0.475. The molecule has 2 heterocycles. The van der Waals surface area contributed by atoms with E-state index in [-0.39, 0.29) is 17.8 Å². The highest BCUT2D eigenvalue weighted by Gasteiger charge is 2.34. The van der Waals surface area contributed by atoms with Crippen molar-refractivity contribution in [3.05, 3.63) is 48.0 Å². The number of nitrogens with zero attached hydrogens (tertiary/aromatic N) is 4. The van der Waals surface area contributed by atoms with Gasteiger partial charge in [0.2, 0.25) is 5.96 Å². The third-order valence-corrected chi connectivity index (χ3v) is 5.60. The lowest BCUT2D eigenvalue weighted by Crippen LogP contribution is -2.61. The van der Waals surface area contributed by atoms with Crippen LogP contribution in [0.3, 0.4) is 0 Å². The maximum atomic E-state index is 13.3. The van der Waals surface area contributed by atoms with Gasteiger partial charge in [0, 0.05) is 44.0 Å². The number of halogens is 2. The number of guanidine groups is 1. The Balaban J connectivity index is 1.44. The number of rotatable bonds is 7. The van der Waals surface area contributed by atoms with E-state index in [1.54, 1.807) is 0 Å². The van der Waals surface area contributed by atoms with Crippen molar-refractivity contribution in [2.75, 3.05) is 49.6 Å². The summed E-state index contributed by atoms with van der Waals surface area (Å²) in [4.78, 5) is 13.1. The van der Waals surface area contributed by atoms with Crippen LogP contribution in [0.4, 0.5) is 25.8 Å². The van der Waals surface area contributed by atoms with Gasteiger partial charge in [-0.2, -0.15) is 0 Å². The van der Waals surface area contributed by atoms with E-state index in [4.69, 9.17) is 15.2 Å². The second-order valence-electron chi connectivity index (χ2n) is 8.56. The SMILES string of the molecule is CC(C)Oc1ccc(N=C(N)N=CNc2cc(F)cc(F)c2)cc1N1CC(N2CCOCC2)C1. The summed E-state index contributed by atoms with van der Waals surface area (Å²) in [7, 11) is 0. The van der Waals surface area contributed by atoms with Crippen LogP contribution in [0.1, 0.15) is 13.8 Å². The Labute approximate surface area is 198 Å². The van der Waals surface area contributed by atoms with Gasteiger partial charge in [0.15, 0.2) is 0 Å². The van der Waals surface area contributed by atoms with E-state index in [0.717, 1.165) is 69.0 Å². The first kappa shape index (κ1) is 23.9. The van der Waals surface area contributed by atoms with Crippen LogP contribution in [-0.2, 0) is 4.74 Å². The Hall–Kier alpha value is -3.24. The normalized spacial score (nSPS) is 17.9. The highest BCUT2D eigenvalue weighted by molar-refractivity contribution is 5.91. The predicted octanol–water partition coefficient (Wildman–Crippen LogP) is 3.36. The highest BCUT2D eigenvalue weighted by atomic mass is 19.1. The van der Waals surface area contributed by atoms with Crippen LogP contribution < -0.4 is 20.7 Å². The summed E-state index contributed by atoms with van der Waals surface area (Å²) in [6, 6.07) is 9.24. The van der Waals surface area contributed by atoms with Crippen molar-refractivity contribution in [1.29, 1.82) is 0 Å². The summed E-state index contributed by atoms with van der Waals surface area (Å²) in [6.45, 7) is 9.29. The van der Waals surface area contributed by atoms with Crippen LogP contribution in [-0.4, -0.2) is 68.7 Å². The molecule has 0 bridgehead atoms. The second-order valence-corrected chi connectivity index (χ2v) is 8.56. The van der Waals surface area contributed by atoms with E-state index in [1.807, 2.05) is 32.0 Å². The molecule has 2 aromatic rings. The fourth-order valence-corrected chi connectivity index (χ4v) is 3.97. The molecule has 0 radical (unpaired) electrons. The molecule has 34 heavy (non-hydrogen) atoms. The van der Waals surface area contributed by atoms with Gasteiger partial charge in [0.25, 0.3) is 0 Å². The zero-order chi connectivity index (χ0) is 24.1. The number of ether oxygens (including phenoxy) is 2. The summed E-state index contributed by atoms with van der Waals surface area (Å²) in [5.41, 5.74) is 7.76. The first-order valence-corrected chi connectivity index (χ1v) is 11.3. The van der Waals surface area contributed by atoms with Crippen LogP contribution in [0.25, 0.3) is 0 Å². The molecule has 10 heteroatoms. The molecule has 2 aliphatic rings. The number of hydrogen-bond donors (Lipinski definition) is 2. The van der Waals surface area contributed by atoms with Crippen LogP contribution in [0, 0.1) is 11.6 Å². The fraction of sp³-hybridized carbons (Fsp3) is 0.417. The van der Waals surface area contributed by atoms with Crippen molar-refractivity contribution in [2.45, 2.75) is 26.0 Å². The molecular formula is C24H30F2N6O2. The average Bonchev–Trinajstić information content (AvgIpc) is 2.74. The van der Waals surface area contributed by atoms with Crippen LogP contribution >= 0.6 is 0 Å². The summed E-state index contributed by atoms with van der Waals surface area (Å²) in [6.07, 6.45) is 1.28. The monoisotopic (exact) mass is 472 g/mol. The first-order valence-electron chi connectivity index (χ1n) is 11.3. The van der Waals surface area contributed by atoms with Gasteiger partial charge in [-0.25, -0.2) is 18.8 Å². The Morgan fingerprint density at radius 2 is 1.85 bits per heavy atom. The third-order valence-electron chi connectivity index (χ3n) is 5.60. The molecule has 0 saturated carbocycles. The molecule has 2 fully saturated rings. The number of hydrogen-bond acceptors (Lipinski definition) is 5. The Morgan fingerprint density at radius 3 is 2.53 bits per heavy atom. The first-order chi connectivity index (χ1) is 16.4. The Morgan fingerprint density at radius 1 is 1.15 bits per heavy atom. The topological polar surface area (TPSA) is 87.7 Å². The van der Waals surface area contributed by atoms with Gasteiger partial charge < -0.3 is 25.4 Å². The van der Waals surface area contributed by atoms with Crippen molar-refractivity contribution in [2.24, 2.45) is 15.7 Å². The van der Waals surface area contributed by atoms with Crippen molar-refractivity contribution >= 4 is 29.4 Å². The molecule has 0 aromatic heterocycles. The zero-order valence-corrected chi connectivity index (χ0v) is 19.4. The molecule has 4 rings (SSSR count). The highest BCUT2D eigenvalue weighted by Crippen LogP contribution is 2.36. The summed E-state index contributed by atoms with van der Waals surface area (Å²) < 4.78 is 38.0. The van der Waals surface area contributed by atoms with Crippen LogP contribution in [0.2, 0.25) is 0 Å². The molecule has 182 valence electrons. The van der Waals surface area contributed by atoms with Crippen molar-refractivity contribution in [3.8, 4) is 5.75 Å². The van der Waals surface area contributed by atoms with Gasteiger partial charge in [-0.3, -0.25) is 4.90 Å². The third kappa shape index (κ3) is 6.21. The number of nitrogens with one attached hydrogen (secondary N) is 1. The zero-order valence-electron chi connectivity index (χ0n) is 19.4. The number of morpholine rings is 1. The van der Waals surface area contributed by atoms with Crippen LogP contribution in [0.5, 0.6) is 5.75 Å². The van der Waals surface area contributed by atoms with Crippen molar-refractivity contribution in [1.82, 2.24) is 4.90 Å². The number of aliphatic imine (C=N–C) groups is 2. The van der Waals surface area contributed by atoms with Crippen LogP contribution in [0.15, 0.2) is 46.4 Å². The Kier molecular flexibility index (Phi) is 7.59. The molecule has 0 atom stereocenters. The molecular weight excluding hydrogens is 442 g/mol. The minimum atomic E-state index is -0.685. The van der Waals surface area contributed by atoms with Gasteiger partial charge in [0.05, 0.1) is 37.0 Å². The smallest absolute Gasteiger partial charge is 0.221 e. The lowest BCUT2D eigenvalue weighted by atomic mass is 10.0. The Bertz CT molecular complexity index is 1030. The summed E-state index contributed by atoms with van der Waals surface area (Å²) in [5.74, 6) is -0.569. The lowest BCUT2D eigenvalue weighted by molar-refractivity contribution is 0.0104. The molecule has 8 nitrogen and oxygen atoms in total. The molecule has 0 aliphatic carbocycles. The van der Waals surface area contributed by atoms with Gasteiger partial charge >= 0.3 is 0 Å². The van der Waals surface area contributed by atoms with Crippen molar-refractivity contribution in [3.63, 3.8) is 0 Å². The maximum Gasteiger partial charge on any atom is 0.221 e. The molecule has 2 saturated heterocycles. The average molecular weight is 473 g/mol. The standard InChI is InChI=1S/C24H30F2N6O2/c1-16(2)34-23-4-3-19(12-22(23)32-13-21(14-32)31-5-7-33-8-6-31)30-24(27)29-15-28-20-10-17(25)9-18(26)11-20/h3-4,9-12,15-16,21H,5-8,13-14H2,1-2H3,(H3,27,28,29,30). The summed E-state index contributed by atoms with van der Waals surface area (Å²) >= 11 is 0. The molecule has 2 aromatic carbocycles. The molecule has 3 N–H and O–H groups in total. The summed E-state index contributed by atoms with van der Waals surface area (Å²) in [5, 5.41) is 2.68. The second kappa shape index (κ2) is 10.8. The van der Waals surface area contributed by atoms with E-state index in [0.29, 0.717) is 11.7 Å². The maximum absolute atomic E-state index is 13.3. The molecule has 0 spiro atoms.